The minimum atomic E-state index is -2.92. The Labute approximate surface area is 109 Å². The predicted molar refractivity (Wildman–Crippen MR) is 63.1 cm³/mol. The molecular weight excluding hydrogens is 254 g/mol. The Morgan fingerprint density at radius 1 is 1.58 bits per heavy atom. The molecule has 1 unspecified atom stereocenters. The molecule has 0 spiro atoms. The highest BCUT2D eigenvalue weighted by Gasteiger charge is 2.58. The van der Waals surface area contributed by atoms with Crippen LogP contribution in [0.3, 0.4) is 0 Å². The summed E-state index contributed by atoms with van der Waals surface area (Å²) < 4.78 is 28.1. The molecule has 0 aromatic carbocycles. The van der Waals surface area contributed by atoms with Crippen LogP contribution in [-0.4, -0.2) is 39.5 Å². The largest absolute Gasteiger partial charge is 0.480 e. The van der Waals surface area contributed by atoms with Crippen LogP contribution in [0, 0.1) is 0 Å². The van der Waals surface area contributed by atoms with E-state index >= 15 is 0 Å². The van der Waals surface area contributed by atoms with E-state index in [4.69, 9.17) is 0 Å². The maximum Gasteiger partial charge on any atom is 0.321 e. The summed E-state index contributed by atoms with van der Waals surface area (Å²) in [6.07, 6.45) is 1.17. The lowest BCUT2D eigenvalue weighted by molar-refractivity contribution is -0.147. The van der Waals surface area contributed by atoms with Crippen molar-refractivity contribution in [3.8, 4) is 0 Å². The van der Waals surface area contributed by atoms with Gasteiger partial charge in [-0.3, -0.25) is 14.7 Å². The summed E-state index contributed by atoms with van der Waals surface area (Å²) in [5, 5.41) is 9.34. The number of carbonyl (C=O) groups is 1. The molecule has 19 heavy (non-hydrogen) atoms. The first-order valence-electron chi connectivity index (χ1n) is 6.24. The zero-order chi connectivity index (χ0) is 13.8. The number of pyridine rings is 1. The molecule has 3 heterocycles. The van der Waals surface area contributed by atoms with E-state index in [2.05, 4.69) is 4.98 Å². The Bertz CT molecular complexity index is 535. The highest BCUT2D eigenvalue weighted by molar-refractivity contribution is 5.76. The third kappa shape index (κ3) is 1.66. The van der Waals surface area contributed by atoms with Crippen LogP contribution >= 0.6 is 0 Å². The summed E-state index contributed by atoms with van der Waals surface area (Å²) in [5.41, 5.74) is 0.952. The first-order chi connectivity index (χ1) is 8.93. The molecule has 6 heteroatoms. The van der Waals surface area contributed by atoms with Crippen LogP contribution in [0.5, 0.6) is 0 Å². The first-order valence-corrected chi connectivity index (χ1v) is 6.24. The van der Waals surface area contributed by atoms with Gasteiger partial charge in [0.2, 0.25) is 0 Å². The smallest absolute Gasteiger partial charge is 0.321 e. The lowest BCUT2D eigenvalue weighted by Gasteiger charge is -2.40. The van der Waals surface area contributed by atoms with E-state index in [9.17, 15) is 18.7 Å². The van der Waals surface area contributed by atoms with Crippen molar-refractivity contribution in [1.29, 1.82) is 0 Å². The van der Waals surface area contributed by atoms with Crippen LogP contribution < -0.4 is 0 Å². The molecule has 0 amide bonds. The second-order valence-corrected chi connectivity index (χ2v) is 5.20. The van der Waals surface area contributed by atoms with Gasteiger partial charge in [0.15, 0.2) is 0 Å². The molecule has 1 aromatic heterocycles. The Balaban J connectivity index is 2.18. The van der Waals surface area contributed by atoms with Crippen molar-refractivity contribution in [2.45, 2.75) is 37.3 Å². The van der Waals surface area contributed by atoms with E-state index in [0.717, 1.165) is 0 Å². The molecule has 0 bridgehead atoms. The van der Waals surface area contributed by atoms with E-state index in [-0.39, 0.29) is 18.9 Å². The maximum atomic E-state index is 14.0. The summed E-state index contributed by atoms with van der Waals surface area (Å²) in [5.74, 6) is -4.31. The molecule has 1 aromatic rings. The minimum absolute atomic E-state index is 0.0922. The lowest BCUT2D eigenvalue weighted by Crippen LogP contribution is -2.50. The molecule has 3 rings (SSSR count). The lowest BCUT2D eigenvalue weighted by atomic mass is 9.83. The molecule has 2 aliphatic heterocycles. The Morgan fingerprint density at radius 3 is 3.00 bits per heavy atom. The van der Waals surface area contributed by atoms with Gasteiger partial charge in [0.1, 0.15) is 12.1 Å². The second-order valence-electron chi connectivity index (χ2n) is 5.20. The van der Waals surface area contributed by atoms with Crippen LogP contribution in [0.25, 0.3) is 0 Å². The van der Waals surface area contributed by atoms with Gasteiger partial charge in [-0.2, -0.15) is 0 Å². The van der Waals surface area contributed by atoms with Crippen LogP contribution in [0.2, 0.25) is 0 Å². The predicted octanol–water partition coefficient (Wildman–Crippen LogP) is 2.03. The molecule has 0 radical (unpaired) electrons. The third-order valence-corrected chi connectivity index (χ3v) is 4.14. The van der Waals surface area contributed by atoms with E-state index in [1.54, 1.807) is 19.1 Å². The number of fused-ring (bicyclic) bond motifs is 3. The number of hydrogen-bond donors (Lipinski definition) is 1. The number of alkyl halides is 2. The molecule has 2 aliphatic rings. The summed E-state index contributed by atoms with van der Waals surface area (Å²) in [7, 11) is 0. The Hall–Kier alpha value is -1.56. The van der Waals surface area contributed by atoms with Gasteiger partial charge in [-0.1, -0.05) is 13.0 Å². The molecular formula is C13H14F2N2O2. The number of aromatic nitrogens is 1. The zero-order valence-electron chi connectivity index (χ0n) is 10.4. The summed E-state index contributed by atoms with van der Waals surface area (Å²) in [4.78, 5) is 16.9. The molecule has 0 saturated carbocycles. The number of hydrogen-bond acceptors (Lipinski definition) is 3. The van der Waals surface area contributed by atoms with Crippen molar-refractivity contribution in [3.63, 3.8) is 0 Å². The van der Waals surface area contributed by atoms with E-state index in [1.165, 1.54) is 11.1 Å². The van der Waals surface area contributed by atoms with Gasteiger partial charge < -0.3 is 5.11 Å². The van der Waals surface area contributed by atoms with Gasteiger partial charge in [0.25, 0.3) is 5.92 Å². The fraction of sp³-hybridized carbons (Fsp3) is 0.538. The highest BCUT2D eigenvalue weighted by Crippen LogP contribution is 2.51. The number of carboxylic acid groups (broad SMARTS) is 1. The molecule has 1 fully saturated rings. The van der Waals surface area contributed by atoms with Crippen molar-refractivity contribution in [2.75, 3.05) is 6.54 Å². The van der Waals surface area contributed by atoms with Gasteiger partial charge in [-0.25, -0.2) is 8.78 Å². The van der Waals surface area contributed by atoms with Gasteiger partial charge in [0.05, 0.1) is 5.69 Å². The third-order valence-electron chi connectivity index (χ3n) is 4.14. The van der Waals surface area contributed by atoms with Gasteiger partial charge in [-0.15, -0.1) is 0 Å². The van der Waals surface area contributed by atoms with Crippen molar-refractivity contribution in [2.24, 2.45) is 0 Å². The fourth-order valence-electron chi connectivity index (χ4n) is 3.30. The quantitative estimate of drug-likeness (QED) is 0.846. The van der Waals surface area contributed by atoms with Crippen molar-refractivity contribution >= 4 is 5.97 Å². The summed E-state index contributed by atoms with van der Waals surface area (Å²) >= 11 is 0. The summed E-state index contributed by atoms with van der Waals surface area (Å²) in [6.45, 7) is 1.85. The standard InChI is InChI=1S/C13H14F2N2O2/c1-7-8-3-2-5-16-9(8)11-13(14,15)4-6-17(11)10(7)12(18)19/h2-3,5,7,10-11H,4,6H2,1H3,(H,18,19)/t7?,10-,11-/m0/s1. The number of carboxylic acids is 1. The monoisotopic (exact) mass is 268 g/mol. The van der Waals surface area contributed by atoms with Crippen LogP contribution in [0.1, 0.15) is 36.6 Å². The average molecular weight is 268 g/mol. The van der Waals surface area contributed by atoms with Crippen molar-refractivity contribution in [3.05, 3.63) is 29.6 Å². The van der Waals surface area contributed by atoms with E-state index < -0.39 is 24.0 Å². The topological polar surface area (TPSA) is 53.4 Å². The number of halogens is 2. The summed E-state index contributed by atoms with van der Waals surface area (Å²) in [6, 6.07) is 1.25. The normalized spacial score (nSPS) is 32.7. The van der Waals surface area contributed by atoms with Gasteiger partial charge in [-0.05, 0) is 11.6 Å². The molecule has 4 nitrogen and oxygen atoms in total. The fourth-order valence-corrected chi connectivity index (χ4v) is 3.30. The average Bonchev–Trinajstić information content (AvgIpc) is 2.65. The Kier molecular flexibility index (Phi) is 2.60. The first kappa shape index (κ1) is 12.5. The molecule has 0 aliphatic carbocycles. The minimum Gasteiger partial charge on any atom is -0.480 e. The Morgan fingerprint density at radius 2 is 2.32 bits per heavy atom. The molecule has 1 N–H and O–H groups in total. The van der Waals surface area contributed by atoms with Crippen molar-refractivity contribution < 1.29 is 18.7 Å². The number of rotatable bonds is 1. The van der Waals surface area contributed by atoms with Crippen LogP contribution in [-0.2, 0) is 4.79 Å². The maximum absolute atomic E-state index is 14.0. The number of aliphatic carboxylic acids is 1. The van der Waals surface area contributed by atoms with Crippen LogP contribution in [0.4, 0.5) is 8.78 Å². The molecule has 1 saturated heterocycles. The van der Waals surface area contributed by atoms with E-state index in [0.29, 0.717) is 11.3 Å². The zero-order valence-corrected chi connectivity index (χ0v) is 10.4. The highest BCUT2D eigenvalue weighted by atomic mass is 19.3. The van der Waals surface area contributed by atoms with Crippen molar-refractivity contribution in [1.82, 2.24) is 9.88 Å². The molecule has 102 valence electrons. The number of nitrogens with zero attached hydrogens (tertiary/aromatic N) is 2. The SMILES string of the molecule is CC1c2cccnc2[C@@H]2N(CCC2(F)F)[C@@H]1C(=O)O. The second kappa shape index (κ2) is 3.96. The van der Waals surface area contributed by atoms with Crippen LogP contribution in [0.15, 0.2) is 18.3 Å². The molecule has 3 atom stereocenters. The van der Waals surface area contributed by atoms with Gasteiger partial charge in [0, 0.05) is 25.1 Å². The van der Waals surface area contributed by atoms with Gasteiger partial charge >= 0.3 is 5.97 Å². The van der Waals surface area contributed by atoms with E-state index in [1.807, 2.05) is 0 Å².